The predicted octanol–water partition coefficient (Wildman–Crippen LogP) is 4.21. The highest BCUT2D eigenvalue weighted by atomic mass is 16.6. The van der Waals surface area contributed by atoms with Crippen molar-refractivity contribution in [1.82, 2.24) is 9.78 Å². The molecule has 0 atom stereocenters. The molecule has 0 unspecified atom stereocenters. The van der Waals surface area contributed by atoms with Gasteiger partial charge in [0, 0.05) is 47.9 Å². The lowest BCUT2D eigenvalue weighted by Crippen LogP contribution is -2.17. The van der Waals surface area contributed by atoms with Crippen molar-refractivity contribution in [2.75, 3.05) is 24.4 Å². The molecule has 4 rings (SSSR count). The third-order valence-electron chi connectivity index (χ3n) is 5.24. The number of nitrogens with zero attached hydrogens (tertiary/aromatic N) is 3. The Morgan fingerprint density at radius 1 is 0.917 bits per heavy atom. The fraction of sp³-hybridized carbons (Fsp3) is 0.115. The van der Waals surface area contributed by atoms with Crippen LogP contribution in [0.1, 0.15) is 5.56 Å². The van der Waals surface area contributed by atoms with Crippen molar-refractivity contribution < 1.29 is 19.2 Å². The standard InChI is InChI=1S/C26H23N5O5/c1-36-17-25(33)28-21-11-9-20(10-12-21)27-24(32)15-19-16-30(22-5-3-2-4-6-22)29-26(19)18-7-13-23(14-8-18)31(34)35/h2-14,16H,15,17H2,1H3,(H,27,32)(H,28,33). The fourth-order valence-corrected chi connectivity index (χ4v) is 3.58. The molecule has 3 aromatic carbocycles. The lowest BCUT2D eigenvalue weighted by atomic mass is 10.1. The van der Waals surface area contributed by atoms with Crippen molar-refractivity contribution >= 4 is 28.9 Å². The third kappa shape index (κ3) is 5.99. The van der Waals surface area contributed by atoms with Crippen molar-refractivity contribution in [3.05, 3.63) is 101 Å². The van der Waals surface area contributed by atoms with Crippen LogP contribution in [0.5, 0.6) is 0 Å². The molecule has 2 N–H and O–H groups in total. The number of ether oxygens (including phenoxy) is 1. The molecule has 0 aliphatic heterocycles. The molecule has 36 heavy (non-hydrogen) atoms. The summed E-state index contributed by atoms with van der Waals surface area (Å²) < 4.78 is 6.47. The first-order valence-corrected chi connectivity index (χ1v) is 11.0. The molecular formula is C26H23N5O5. The molecule has 0 aliphatic rings. The molecule has 0 fully saturated rings. The van der Waals surface area contributed by atoms with Crippen molar-refractivity contribution in [1.29, 1.82) is 0 Å². The first-order valence-electron chi connectivity index (χ1n) is 11.0. The van der Waals surface area contributed by atoms with E-state index in [9.17, 15) is 19.7 Å². The van der Waals surface area contributed by atoms with E-state index >= 15 is 0 Å². The Balaban J connectivity index is 1.54. The van der Waals surface area contributed by atoms with Crippen LogP contribution in [0.4, 0.5) is 17.1 Å². The molecular weight excluding hydrogens is 462 g/mol. The number of anilines is 2. The fourth-order valence-electron chi connectivity index (χ4n) is 3.58. The number of para-hydroxylation sites is 1. The van der Waals surface area contributed by atoms with Gasteiger partial charge in [-0.15, -0.1) is 0 Å². The molecule has 0 aliphatic carbocycles. The number of hydrogen-bond donors (Lipinski definition) is 2. The second kappa shape index (κ2) is 11.1. The minimum atomic E-state index is -0.463. The molecule has 0 saturated carbocycles. The van der Waals surface area contributed by atoms with Crippen LogP contribution in [0.3, 0.4) is 0 Å². The Kier molecular flexibility index (Phi) is 7.47. The summed E-state index contributed by atoms with van der Waals surface area (Å²) in [5, 5.41) is 21.2. The predicted molar refractivity (Wildman–Crippen MR) is 135 cm³/mol. The number of amides is 2. The lowest BCUT2D eigenvalue weighted by Gasteiger charge is -2.08. The molecule has 182 valence electrons. The minimum absolute atomic E-state index is 0.0256. The van der Waals surface area contributed by atoms with Gasteiger partial charge >= 0.3 is 0 Å². The summed E-state index contributed by atoms with van der Waals surface area (Å²) in [5.41, 5.74) is 3.82. The molecule has 10 heteroatoms. The van der Waals surface area contributed by atoms with Crippen LogP contribution in [0, 0.1) is 10.1 Å². The SMILES string of the molecule is COCC(=O)Nc1ccc(NC(=O)Cc2cn(-c3ccccc3)nc2-c2ccc([N+](=O)[O-])cc2)cc1. The van der Waals surface area contributed by atoms with Gasteiger partial charge in [-0.2, -0.15) is 5.10 Å². The smallest absolute Gasteiger partial charge is 0.269 e. The minimum Gasteiger partial charge on any atom is -0.375 e. The summed E-state index contributed by atoms with van der Waals surface area (Å²) in [6.45, 7) is -0.0494. The number of aromatic nitrogens is 2. The first-order chi connectivity index (χ1) is 17.4. The molecule has 0 saturated heterocycles. The summed E-state index contributed by atoms with van der Waals surface area (Å²) >= 11 is 0. The van der Waals surface area contributed by atoms with Gasteiger partial charge in [0.1, 0.15) is 6.61 Å². The summed E-state index contributed by atoms with van der Waals surface area (Å²) in [7, 11) is 1.44. The number of carbonyl (C=O) groups is 2. The van der Waals surface area contributed by atoms with Crippen LogP contribution in [0.2, 0.25) is 0 Å². The average molecular weight is 486 g/mol. The average Bonchev–Trinajstić information content (AvgIpc) is 3.29. The molecule has 10 nitrogen and oxygen atoms in total. The molecule has 1 heterocycles. The maximum Gasteiger partial charge on any atom is 0.269 e. The summed E-state index contributed by atoms with van der Waals surface area (Å²) in [6, 6.07) is 22.2. The number of methoxy groups -OCH3 is 1. The Bertz CT molecular complexity index is 1370. The monoisotopic (exact) mass is 485 g/mol. The maximum absolute atomic E-state index is 12.9. The van der Waals surface area contributed by atoms with Crippen molar-refractivity contribution in [3.63, 3.8) is 0 Å². The van der Waals surface area contributed by atoms with Crippen LogP contribution in [-0.2, 0) is 20.7 Å². The van der Waals surface area contributed by atoms with Crippen LogP contribution in [-0.4, -0.2) is 40.2 Å². The number of hydrogen-bond acceptors (Lipinski definition) is 6. The van der Waals surface area contributed by atoms with Crippen LogP contribution < -0.4 is 10.6 Å². The number of nitro groups is 1. The molecule has 0 radical (unpaired) electrons. The van der Waals surface area contributed by atoms with Gasteiger partial charge in [0.2, 0.25) is 11.8 Å². The largest absolute Gasteiger partial charge is 0.375 e. The normalized spacial score (nSPS) is 10.6. The van der Waals surface area contributed by atoms with E-state index in [1.807, 2.05) is 30.3 Å². The zero-order valence-electron chi connectivity index (χ0n) is 19.4. The van der Waals surface area contributed by atoms with Gasteiger partial charge in [0.15, 0.2) is 0 Å². The summed E-state index contributed by atoms with van der Waals surface area (Å²) in [6.07, 6.45) is 1.81. The second-order valence-electron chi connectivity index (χ2n) is 7.87. The highest BCUT2D eigenvalue weighted by Crippen LogP contribution is 2.26. The summed E-state index contributed by atoms with van der Waals surface area (Å²) in [5.74, 6) is -0.537. The highest BCUT2D eigenvalue weighted by Gasteiger charge is 2.17. The quantitative estimate of drug-likeness (QED) is 0.270. The zero-order valence-corrected chi connectivity index (χ0v) is 19.4. The molecule has 4 aromatic rings. The van der Waals surface area contributed by atoms with Gasteiger partial charge in [-0.05, 0) is 48.5 Å². The van der Waals surface area contributed by atoms with Crippen LogP contribution >= 0.6 is 0 Å². The number of nitrogens with one attached hydrogen (secondary N) is 2. The van der Waals surface area contributed by atoms with Gasteiger partial charge in [-0.25, -0.2) is 4.68 Å². The van der Waals surface area contributed by atoms with Crippen molar-refractivity contribution in [2.24, 2.45) is 0 Å². The van der Waals surface area contributed by atoms with Gasteiger partial charge in [0.25, 0.3) is 5.69 Å². The number of nitro benzene ring substituents is 1. The van der Waals surface area contributed by atoms with Gasteiger partial charge in [-0.1, -0.05) is 18.2 Å². The highest BCUT2D eigenvalue weighted by molar-refractivity contribution is 5.94. The molecule has 1 aromatic heterocycles. The van der Waals surface area contributed by atoms with E-state index in [0.717, 1.165) is 5.69 Å². The van der Waals surface area contributed by atoms with Crippen molar-refractivity contribution in [2.45, 2.75) is 6.42 Å². The molecule has 0 bridgehead atoms. The Morgan fingerprint density at radius 3 is 2.11 bits per heavy atom. The third-order valence-corrected chi connectivity index (χ3v) is 5.24. The lowest BCUT2D eigenvalue weighted by molar-refractivity contribution is -0.384. The molecule has 0 spiro atoms. The Labute approximate surface area is 206 Å². The van der Waals surface area contributed by atoms with E-state index in [2.05, 4.69) is 15.7 Å². The number of rotatable bonds is 9. The first kappa shape index (κ1) is 24.3. The van der Waals surface area contributed by atoms with E-state index in [1.165, 1.54) is 19.2 Å². The topological polar surface area (TPSA) is 128 Å². The maximum atomic E-state index is 12.9. The van der Waals surface area contributed by atoms with Crippen molar-refractivity contribution in [3.8, 4) is 16.9 Å². The number of benzene rings is 3. The van der Waals surface area contributed by atoms with E-state index in [-0.39, 0.29) is 30.5 Å². The molecule has 2 amide bonds. The van der Waals surface area contributed by atoms with E-state index in [4.69, 9.17) is 4.74 Å². The zero-order chi connectivity index (χ0) is 25.5. The Morgan fingerprint density at radius 2 is 1.53 bits per heavy atom. The second-order valence-corrected chi connectivity index (χ2v) is 7.87. The van der Waals surface area contributed by atoms with Gasteiger partial charge < -0.3 is 15.4 Å². The van der Waals surface area contributed by atoms with Crippen LogP contribution in [0.25, 0.3) is 16.9 Å². The van der Waals surface area contributed by atoms with Crippen LogP contribution in [0.15, 0.2) is 85.1 Å². The van der Waals surface area contributed by atoms with E-state index in [0.29, 0.717) is 28.2 Å². The van der Waals surface area contributed by atoms with Gasteiger partial charge in [0.05, 0.1) is 22.7 Å². The van der Waals surface area contributed by atoms with E-state index in [1.54, 1.807) is 47.3 Å². The van der Waals surface area contributed by atoms with E-state index < -0.39 is 4.92 Å². The van der Waals surface area contributed by atoms with Gasteiger partial charge in [-0.3, -0.25) is 19.7 Å². The number of carbonyl (C=O) groups excluding carboxylic acids is 2. The Hall–Kier alpha value is -4.83. The number of non-ortho nitro benzene ring substituents is 1. The summed E-state index contributed by atoms with van der Waals surface area (Å²) in [4.78, 5) is 35.1.